The van der Waals surface area contributed by atoms with E-state index in [9.17, 15) is 5.11 Å². The van der Waals surface area contributed by atoms with E-state index in [0.717, 1.165) is 36.5 Å². The van der Waals surface area contributed by atoms with Crippen LogP contribution in [-0.2, 0) is 0 Å². The molecule has 1 saturated heterocycles. The van der Waals surface area contributed by atoms with Crippen molar-refractivity contribution in [2.45, 2.75) is 38.9 Å². The number of rotatable bonds is 5. The Balaban J connectivity index is 1.98. The predicted molar refractivity (Wildman–Crippen MR) is 106 cm³/mol. The normalized spacial score (nSPS) is 22.9. The summed E-state index contributed by atoms with van der Waals surface area (Å²) in [5.74, 6) is 0.304. The first-order chi connectivity index (χ1) is 12.5. The quantitative estimate of drug-likeness (QED) is 0.833. The van der Waals surface area contributed by atoms with Crippen molar-refractivity contribution in [3.8, 4) is 5.75 Å². The molecule has 3 atom stereocenters. The fraction of sp³-hybridized carbons (Fsp3) is 0.409. The minimum absolute atomic E-state index is 0.0820. The topological polar surface area (TPSA) is 39.6 Å². The largest absolute Gasteiger partial charge is 0.508 e. The fourth-order valence-corrected chi connectivity index (χ4v) is 3.92. The maximum atomic E-state index is 10.0. The smallest absolute Gasteiger partial charge is 0.115 e. The van der Waals surface area contributed by atoms with Crippen molar-refractivity contribution in [3.05, 3.63) is 72.1 Å². The lowest BCUT2D eigenvalue weighted by atomic mass is 9.94. The Kier molecular flexibility index (Phi) is 5.74. The average Bonchev–Trinajstić information content (AvgIpc) is 2.61. The second-order valence-electron chi connectivity index (χ2n) is 7.37. The average molecular weight is 351 g/mol. The molecular formula is C22H29N3O. The molecular weight excluding hydrogens is 322 g/mol. The number of phenols is 1. The van der Waals surface area contributed by atoms with Gasteiger partial charge in [-0.1, -0.05) is 24.3 Å². The molecule has 1 N–H and O–H groups in total. The first-order valence-corrected chi connectivity index (χ1v) is 9.31. The third kappa shape index (κ3) is 3.97. The maximum Gasteiger partial charge on any atom is 0.115 e. The molecule has 1 fully saturated rings. The van der Waals surface area contributed by atoms with Gasteiger partial charge in [0.1, 0.15) is 5.75 Å². The van der Waals surface area contributed by atoms with Crippen molar-refractivity contribution in [1.29, 1.82) is 0 Å². The van der Waals surface area contributed by atoms with Crippen LogP contribution in [0, 0.1) is 6.92 Å². The standard InChI is InChI=1S/C22H29N3O/c1-5-11-24-14-18(4)25(15-17(24)3)22(19-7-6-8-21(26)12-19)20-10-9-16(2)23-13-20/h5-10,12-13,17-18,22,26H,1,11,14-15H2,2-4H3/t17-,18+,22+/m0/s1. The van der Waals surface area contributed by atoms with E-state index in [0.29, 0.717) is 17.8 Å². The monoisotopic (exact) mass is 351 g/mol. The number of nitrogens with zero attached hydrogens (tertiary/aromatic N) is 3. The van der Waals surface area contributed by atoms with Crippen molar-refractivity contribution in [1.82, 2.24) is 14.8 Å². The summed E-state index contributed by atoms with van der Waals surface area (Å²) in [7, 11) is 0. The summed E-state index contributed by atoms with van der Waals surface area (Å²) in [6.45, 7) is 13.3. The van der Waals surface area contributed by atoms with Gasteiger partial charge in [-0.3, -0.25) is 14.8 Å². The molecule has 1 aromatic heterocycles. The summed E-state index contributed by atoms with van der Waals surface area (Å²) in [4.78, 5) is 9.52. The summed E-state index contributed by atoms with van der Waals surface area (Å²) in [5.41, 5.74) is 3.28. The molecule has 138 valence electrons. The molecule has 0 amide bonds. The van der Waals surface area contributed by atoms with E-state index in [2.05, 4.69) is 53.4 Å². The van der Waals surface area contributed by atoms with Crippen LogP contribution in [0.5, 0.6) is 5.75 Å². The van der Waals surface area contributed by atoms with Gasteiger partial charge in [0.25, 0.3) is 0 Å². The molecule has 0 unspecified atom stereocenters. The van der Waals surface area contributed by atoms with Crippen LogP contribution in [0.25, 0.3) is 0 Å². The van der Waals surface area contributed by atoms with E-state index in [-0.39, 0.29) is 6.04 Å². The van der Waals surface area contributed by atoms with E-state index in [1.54, 1.807) is 6.07 Å². The zero-order chi connectivity index (χ0) is 18.7. The zero-order valence-electron chi connectivity index (χ0n) is 16.0. The molecule has 26 heavy (non-hydrogen) atoms. The van der Waals surface area contributed by atoms with Crippen molar-refractivity contribution >= 4 is 0 Å². The second-order valence-corrected chi connectivity index (χ2v) is 7.37. The van der Waals surface area contributed by atoms with Crippen LogP contribution >= 0.6 is 0 Å². The van der Waals surface area contributed by atoms with Crippen LogP contribution < -0.4 is 0 Å². The number of phenolic OH excluding ortho intramolecular Hbond substituents is 1. The van der Waals surface area contributed by atoms with Crippen molar-refractivity contribution in [3.63, 3.8) is 0 Å². The molecule has 2 aromatic rings. The Morgan fingerprint density at radius 2 is 2.00 bits per heavy atom. The highest BCUT2D eigenvalue weighted by atomic mass is 16.3. The molecule has 0 spiro atoms. The number of piperazine rings is 1. The van der Waals surface area contributed by atoms with Gasteiger partial charge in [-0.05, 0) is 50.1 Å². The molecule has 3 rings (SSSR count). The Hall–Kier alpha value is -2.17. The van der Waals surface area contributed by atoms with Gasteiger partial charge in [0.15, 0.2) is 0 Å². The highest BCUT2D eigenvalue weighted by Crippen LogP contribution is 2.34. The molecule has 4 nitrogen and oxygen atoms in total. The van der Waals surface area contributed by atoms with Crippen molar-refractivity contribution in [2.75, 3.05) is 19.6 Å². The highest BCUT2D eigenvalue weighted by molar-refractivity contribution is 5.36. The van der Waals surface area contributed by atoms with Gasteiger partial charge in [0.2, 0.25) is 0 Å². The summed E-state index contributed by atoms with van der Waals surface area (Å²) < 4.78 is 0. The lowest BCUT2D eigenvalue weighted by Crippen LogP contribution is -2.57. The number of aromatic hydroxyl groups is 1. The lowest BCUT2D eigenvalue weighted by Gasteiger charge is -2.47. The maximum absolute atomic E-state index is 10.0. The first-order valence-electron chi connectivity index (χ1n) is 9.31. The highest BCUT2D eigenvalue weighted by Gasteiger charge is 2.34. The Morgan fingerprint density at radius 1 is 1.19 bits per heavy atom. The molecule has 1 aliphatic rings. The van der Waals surface area contributed by atoms with Gasteiger partial charge in [0.05, 0.1) is 6.04 Å². The molecule has 2 heterocycles. The van der Waals surface area contributed by atoms with Gasteiger partial charge in [-0.2, -0.15) is 0 Å². The molecule has 1 aromatic carbocycles. The first kappa shape index (κ1) is 18.6. The van der Waals surface area contributed by atoms with Crippen LogP contribution in [0.3, 0.4) is 0 Å². The third-order valence-electron chi connectivity index (χ3n) is 5.29. The Morgan fingerprint density at radius 3 is 2.65 bits per heavy atom. The van der Waals surface area contributed by atoms with E-state index in [1.807, 2.05) is 31.3 Å². The molecule has 0 saturated carbocycles. The van der Waals surface area contributed by atoms with Crippen molar-refractivity contribution < 1.29 is 5.11 Å². The number of aromatic nitrogens is 1. The van der Waals surface area contributed by atoms with Crippen LogP contribution in [0.4, 0.5) is 0 Å². The molecule has 0 radical (unpaired) electrons. The Labute approximate surface area is 156 Å². The summed E-state index contributed by atoms with van der Waals surface area (Å²) >= 11 is 0. The van der Waals surface area contributed by atoms with Crippen LogP contribution in [0.15, 0.2) is 55.3 Å². The van der Waals surface area contributed by atoms with Crippen LogP contribution in [0.1, 0.15) is 36.7 Å². The predicted octanol–water partition coefficient (Wildman–Crippen LogP) is 3.77. The second kappa shape index (κ2) is 8.02. The van der Waals surface area contributed by atoms with Crippen molar-refractivity contribution in [2.24, 2.45) is 0 Å². The minimum atomic E-state index is 0.0820. The SMILES string of the molecule is C=CCN1C[C@@H](C)N([C@@H](c2ccc(C)nc2)c2cccc(O)c2)C[C@@H]1C. The van der Waals surface area contributed by atoms with E-state index in [1.165, 1.54) is 0 Å². The molecule has 1 aliphatic heterocycles. The fourth-order valence-electron chi connectivity index (χ4n) is 3.92. The number of pyridine rings is 1. The van der Waals surface area contributed by atoms with E-state index < -0.39 is 0 Å². The number of hydrogen-bond acceptors (Lipinski definition) is 4. The summed E-state index contributed by atoms with van der Waals surface area (Å²) in [6, 6.07) is 12.7. The van der Waals surface area contributed by atoms with Crippen LogP contribution in [-0.4, -0.2) is 51.6 Å². The molecule has 0 bridgehead atoms. The van der Waals surface area contributed by atoms with E-state index >= 15 is 0 Å². The third-order valence-corrected chi connectivity index (χ3v) is 5.29. The minimum Gasteiger partial charge on any atom is -0.508 e. The molecule has 4 heteroatoms. The van der Waals surface area contributed by atoms with Gasteiger partial charge in [-0.25, -0.2) is 0 Å². The number of aryl methyl sites for hydroxylation is 1. The van der Waals surface area contributed by atoms with E-state index in [4.69, 9.17) is 0 Å². The Bertz CT molecular complexity index is 743. The van der Waals surface area contributed by atoms with Gasteiger partial charge >= 0.3 is 0 Å². The lowest BCUT2D eigenvalue weighted by molar-refractivity contribution is 0.0305. The number of hydrogen-bond donors (Lipinski definition) is 1. The molecule has 0 aliphatic carbocycles. The number of benzene rings is 1. The zero-order valence-corrected chi connectivity index (χ0v) is 16.0. The van der Waals surface area contributed by atoms with Gasteiger partial charge < -0.3 is 5.11 Å². The van der Waals surface area contributed by atoms with Gasteiger partial charge in [-0.15, -0.1) is 6.58 Å². The van der Waals surface area contributed by atoms with Gasteiger partial charge in [0, 0.05) is 43.6 Å². The van der Waals surface area contributed by atoms with Crippen LogP contribution in [0.2, 0.25) is 0 Å². The summed E-state index contributed by atoms with van der Waals surface area (Å²) in [6.07, 6.45) is 3.95. The summed E-state index contributed by atoms with van der Waals surface area (Å²) in [5, 5.41) is 10.0.